The number of benzene rings is 2. The molecule has 98 valence electrons. The van der Waals surface area contributed by atoms with Gasteiger partial charge in [-0.25, -0.2) is 0 Å². The third-order valence-corrected chi connectivity index (χ3v) is 3.01. The van der Waals surface area contributed by atoms with Crippen LogP contribution in [0.4, 0.5) is 0 Å². The van der Waals surface area contributed by atoms with Crippen LogP contribution < -0.4 is 5.73 Å². The van der Waals surface area contributed by atoms with E-state index in [4.69, 9.17) is 5.73 Å². The molecule has 1 unspecified atom stereocenters. The van der Waals surface area contributed by atoms with E-state index in [1.54, 1.807) is 6.07 Å². The summed E-state index contributed by atoms with van der Waals surface area (Å²) in [6.07, 6.45) is 0.147. The normalized spacial score (nSPS) is 12.0. The maximum absolute atomic E-state index is 11.2. The average Bonchev–Trinajstić information content (AvgIpc) is 2.40. The number of carbonyl (C=O) groups is 1. The van der Waals surface area contributed by atoms with Gasteiger partial charge in [-0.15, -0.1) is 0 Å². The molecule has 0 fully saturated rings. The van der Waals surface area contributed by atoms with Crippen LogP contribution in [-0.4, -0.2) is 16.1 Å². The van der Waals surface area contributed by atoms with Gasteiger partial charge in [-0.1, -0.05) is 36.4 Å². The predicted molar refractivity (Wildman–Crippen MR) is 71.9 cm³/mol. The largest absolute Gasteiger partial charge is 0.504 e. The van der Waals surface area contributed by atoms with Crippen LogP contribution in [0, 0.1) is 0 Å². The Labute approximate surface area is 111 Å². The number of phenolic OH excluding ortho intramolecular Hbond substituents is 2. The fourth-order valence-corrected chi connectivity index (χ4v) is 2.07. The van der Waals surface area contributed by atoms with E-state index in [2.05, 4.69) is 0 Å². The van der Waals surface area contributed by atoms with Gasteiger partial charge in [0.2, 0.25) is 5.91 Å². The summed E-state index contributed by atoms with van der Waals surface area (Å²) in [4.78, 5) is 11.2. The van der Waals surface area contributed by atoms with Gasteiger partial charge >= 0.3 is 0 Å². The van der Waals surface area contributed by atoms with Crippen molar-refractivity contribution in [2.45, 2.75) is 12.3 Å². The van der Waals surface area contributed by atoms with E-state index < -0.39 is 5.91 Å². The second kappa shape index (κ2) is 5.44. The zero-order valence-corrected chi connectivity index (χ0v) is 10.3. The van der Waals surface area contributed by atoms with Gasteiger partial charge in [0.1, 0.15) is 0 Å². The van der Waals surface area contributed by atoms with Gasteiger partial charge in [0.25, 0.3) is 0 Å². The van der Waals surface area contributed by atoms with Crippen LogP contribution in [0.5, 0.6) is 11.5 Å². The highest BCUT2D eigenvalue weighted by Crippen LogP contribution is 2.33. The Kier molecular flexibility index (Phi) is 3.71. The highest BCUT2D eigenvalue weighted by atomic mass is 16.3. The van der Waals surface area contributed by atoms with Gasteiger partial charge in [-0.2, -0.15) is 0 Å². The summed E-state index contributed by atoms with van der Waals surface area (Å²) in [6.45, 7) is 0. The molecule has 2 aromatic rings. The number of primary amides is 1. The minimum atomic E-state index is -0.415. The summed E-state index contributed by atoms with van der Waals surface area (Å²) in [7, 11) is 0. The highest BCUT2D eigenvalue weighted by Gasteiger charge is 2.17. The first kappa shape index (κ1) is 13.0. The number of carbonyl (C=O) groups excluding carboxylic acids is 1. The first-order valence-corrected chi connectivity index (χ1v) is 5.93. The van der Waals surface area contributed by atoms with Crippen LogP contribution in [-0.2, 0) is 4.79 Å². The van der Waals surface area contributed by atoms with Gasteiger partial charge in [0.05, 0.1) is 0 Å². The van der Waals surface area contributed by atoms with Crippen molar-refractivity contribution in [2.75, 3.05) is 0 Å². The summed E-state index contributed by atoms with van der Waals surface area (Å²) >= 11 is 0. The molecule has 4 N–H and O–H groups in total. The number of phenols is 2. The fraction of sp³-hybridized carbons (Fsp3) is 0.133. The molecule has 0 saturated heterocycles. The third kappa shape index (κ3) is 3.04. The Morgan fingerprint density at radius 2 is 1.68 bits per heavy atom. The van der Waals surface area contributed by atoms with E-state index >= 15 is 0 Å². The molecule has 0 spiro atoms. The summed E-state index contributed by atoms with van der Waals surface area (Å²) in [6, 6.07) is 14.0. The third-order valence-electron chi connectivity index (χ3n) is 3.01. The van der Waals surface area contributed by atoms with Crippen LogP contribution in [0.15, 0.2) is 48.5 Å². The summed E-state index contributed by atoms with van der Waals surface area (Å²) in [5.74, 6) is -1.04. The van der Waals surface area contributed by atoms with Crippen LogP contribution >= 0.6 is 0 Å². The zero-order chi connectivity index (χ0) is 13.8. The standard InChI is InChI=1S/C15H15NO3/c16-15(19)9-12(10-4-2-1-3-5-10)11-6-7-13(17)14(18)8-11/h1-8,12,17-18H,9H2,(H2,16,19). The first-order valence-electron chi connectivity index (χ1n) is 5.93. The van der Waals surface area contributed by atoms with Crippen molar-refractivity contribution < 1.29 is 15.0 Å². The molecule has 2 aromatic carbocycles. The molecule has 1 amide bonds. The van der Waals surface area contributed by atoms with Gasteiger partial charge < -0.3 is 15.9 Å². The van der Waals surface area contributed by atoms with Crippen molar-refractivity contribution in [2.24, 2.45) is 5.73 Å². The maximum atomic E-state index is 11.2. The lowest BCUT2D eigenvalue weighted by Crippen LogP contribution is -2.16. The molecule has 4 nitrogen and oxygen atoms in total. The van der Waals surface area contributed by atoms with Crippen LogP contribution in [0.1, 0.15) is 23.5 Å². The van der Waals surface area contributed by atoms with Gasteiger partial charge in [0.15, 0.2) is 11.5 Å². The Morgan fingerprint density at radius 3 is 2.26 bits per heavy atom. The molecule has 0 aliphatic carbocycles. The SMILES string of the molecule is NC(=O)CC(c1ccccc1)c1ccc(O)c(O)c1. The first-order chi connectivity index (χ1) is 9.08. The average molecular weight is 257 g/mol. The Hall–Kier alpha value is -2.49. The Balaban J connectivity index is 2.42. The van der Waals surface area contributed by atoms with Crippen molar-refractivity contribution in [3.05, 3.63) is 59.7 Å². The van der Waals surface area contributed by atoms with Crippen molar-refractivity contribution in [3.8, 4) is 11.5 Å². The molecule has 0 saturated carbocycles. The summed E-state index contributed by atoms with van der Waals surface area (Å²) < 4.78 is 0. The Bertz CT molecular complexity index is 581. The molecular weight excluding hydrogens is 242 g/mol. The molecule has 2 rings (SSSR count). The number of hydrogen-bond donors (Lipinski definition) is 3. The van der Waals surface area contributed by atoms with Crippen LogP contribution in [0.2, 0.25) is 0 Å². The smallest absolute Gasteiger partial charge is 0.218 e. The van der Waals surface area contributed by atoms with E-state index in [0.717, 1.165) is 11.1 Å². The summed E-state index contributed by atoms with van der Waals surface area (Å²) in [5.41, 5.74) is 6.96. The zero-order valence-electron chi connectivity index (χ0n) is 10.3. The quantitative estimate of drug-likeness (QED) is 0.733. The Morgan fingerprint density at radius 1 is 1.00 bits per heavy atom. The molecule has 0 aliphatic rings. The maximum Gasteiger partial charge on any atom is 0.218 e. The highest BCUT2D eigenvalue weighted by molar-refractivity contribution is 5.75. The molecule has 4 heteroatoms. The van der Waals surface area contributed by atoms with Crippen LogP contribution in [0.25, 0.3) is 0 Å². The topological polar surface area (TPSA) is 83.6 Å². The monoisotopic (exact) mass is 257 g/mol. The van der Waals surface area contributed by atoms with E-state index in [-0.39, 0.29) is 23.8 Å². The van der Waals surface area contributed by atoms with E-state index in [1.165, 1.54) is 12.1 Å². The van der Waals surface area contributed by atoms with Gasteiger partial charge in [-0.05, 0) is 23.3 Å². The van der Waals surface area contributed by atoms with Crippen molar-refractivity contribution in [1.82, 2.24) is 0 Å². The molecule has 0 heterocycles. The number of hydrogen-bond acceptors (Lipinski definition) is 3. The lowest BCUT2D eigenvalue weighted by Gasteiger charge is -2.17. The second-order valence-corrected chi connectivity index (χ2v) is 4.38. The molecule has 1 atom stereocenters. The van der Waals surface area contributed by atoms with E-state index in [0.29, 0.717) is 0 Å². The number of aromatic hydroxyl groups is 2. The molecule has 0 bridgehead atoms. The lowest BCUT2D eigenvalue weighted by atomic mass is 9.88. The van der Waals surface area contributed by atoms with Crippen molar-refractivity contribution in [3.63, 3.8) is 0 Å². The number of amides is 1. The molecular formula is C15H15NO3. The van der Waals surface area contributed by atoms with Crippen molar-refractivity contribution >= 4 is 5.91 Å². The van der Waals surface area contributed by atoms with Crippen molar-refractivity contribution in [1.29, 1.82) is 0 Å². The van der Waals surface area contributed by atoms with Crippen LogP contribution in [0.3, 0.4) is 0 Å². The minimum absolute atomic E-state index is 0.147. The molecule has 0 aromatic heterocycles. The number of rotatable bonds is 4. The molecule has 0 aliphatic heterocycles. The molecule has 0 radical (unpaired) electrons. The second-order valence-electron chi connectivity index (χ2n) is 4.38. The van der Waals surface area contributed by atoms with Gasteiger partial charge in [-0.3, -0.25) is 4.79 Å². The van der Waals surface area contributed by atoms with E-state index in [9.17, 15) is 15.0 Å². The lowest BCUT2D eigenvalue weighted by molar-refractivity contribution is -0.118. The minimum Gasteiger partial charge on any atom is -0.504 e. The summed E-state index contributed by atoms with van der Waals surface area (Å²) in [5, 5.41) is 18.9. The predicted octanol–water partition coefficient (Wildman–Crippen LogP) is 2.11. The van der Waals surface area contributed by atoms with E-state index in [1.807, 2.05) is 30.3 Å². The number of nitrogens with two attached hydrogens (primary N) is 1. The molecule has 19 heavy (non-hydrogen) atoms. The van der Waals surface area contributed by atoms with Gasteiger partial charge in [0, 0.05) is 12.3 Å². The fourth-order valence-electron chi connectivity index (χ4n) is 2.07.